The molecule has 0 aromatic rings. The number of aliphatic hydroxyl groups is 1. The van der Waals surface area contributed by atoms with Crippen molar-refractivity contribution in [2.24, 2.45) is 34.5 Å². The number of allylic oxidation sites excluding steroid dienone is 1. The first-order valence-electron chi connectivity index (χ1n) is 9.79. The van der Waals surface area contributed by atoms with Crippen molar-refractivity contribution in [2.45, 2.75) is 71.8 Å². The highest BCUT2D eigenvalue weighted by molar-refractivity contribution is 6.40. The van der Waals surface area contributed by atoms with E-state index in [2.05, 4.69) is 19.9 Å². The number of ketones is 1. The van der Waals surface area contributed by atoms with Crippen LogP contribution in [0.3, 0.4) is 0 Å². The summed E-state index contributed by atoms with van der Waals surface area (Å²) in [6, 6.07) is 0. The molecule has 3 heteroatoms. The van der Waals surface area contributed by atoms with Gasteiger partial charge in [0.1, 0.15) is 0 Å². The number of fused-ring (bicyclic) bond motifs is 5. The zero-order valence-electron chi connectivity index (χ0n) is 15.3. The summed E-state index contributed by atoms with van der Waals surface area (Å²) in [5.41, 5.74) is 1.99. The van der Waals surface area contributed by atoms with Crippen LogP contribution < -0.4 is 0 Å². The first-order valence-corrected chi connectivity index (χ1v) is 9.79. The van der Waals surface area contributed by atoms with E-state index >= 15 is 0 Å². The Morgan fingerprint density at radius 1 is 1.21 bits per heavy atom. The smallest absolute Gasteiger partial charge is 0.176 e. The van der Waals surface area contributed by atoms with Crippen molar-refractivity contribution in [3.63, 3.8) is 0 Å². The average Bonchev–Trinajstić information content (AvgIpc) is 2.89. The SMILES string of the molecule is C[C@H](O)C1=CC[C@H]2[C@@H]3CCC4C(=N)C(=O)CC[C@]4(C)[C@H]3CC[C@]12C. The minimum absolute atomic E-state index is 0.0931. The predicted molar refractivity (Wildman–Crippen MR) is 95.0 cm³/mol. The van der Waals surface area contributed by atoms with Gasteiger partial charge in [-0.15, -0.1) is 0 Å². The maximum absolute atomic E-state index is 12.0. The number of nitrogens with one attached hydrogen (secondary N) is 1. The highest BCUT2D eigenvalue weighted by atomic mass is 16.3. The van der Waals surface area contributed by atoms with E-state index < -0.39 is 0 Å². The van der Waals surface area contributed by atoms with E-state index in [4.69, 9.17) is 5.41 Å². The third-order valence-electron chi connectivity index (χ3n) is 8.50. The van der Waals surface area contributed by atoms with Gasteiger partial charge < -0.3 is 10.5 Å². The van der Waals surface area contributed by atoms with E-state index in [-0.39, 0.29) is 28.6 Å². The molecule has 0 saturated heterocycles. The third kappa shape index (κ3) is 2.00. The van der Waals surface area contributed by atoms with Crippen molar-refractivity contribution in [1.29, 1.82) is 5.41 Å². The molecule has 2 N–H and O–H groups in total. The molecule has 1 unspecified atom stereocenters. The molecule has 0 spiro atoms. The zero-order chi connectivity index (χ0) is 17.3. The normalized spacial score (nSPS) is 49.1. The Morgan fingerprint density at radius 3 is 2.67 bits per heavy atom. The second-order valence-corrected chi connectivity index (χ2v) is 9.38. The third-order valence-corrected chi connectivity index (χ3v) is 8.50. The van der Waals surface area contributed by atoms with Crippen LogP contribution in [-0.2, 0) is 4.79 Å². The fraction of sp³-hybridized carbons (Fsp3) is 0.810. The number of hydrogen-bond acceptors (Lipinski definition) is 3. The molecule has 3 fully saturated rings. The van der Waals surface area contributed by atoms with E-state index in [0.717, 1.165) is 32.1 Å². The van der Waals surface area contributed by atoms with Crippen molar-refractivity contribution in [3.05, 3.63) is 11.6 Å². The monoisotopic (exact) mass is 329 g/mol. The fourth-order valence-electron chi connectivity index (χ4n) is 7.25. The lowest BCUT2D eigenvalue weighted by atomic mass is 9.44. The molecule has 0 aliphatic heterocycles. The van der Waals surface area contributed by atoms with Gasteiger partial charge in [-0.3, -0.25) is 4.79 Å². The molecule has 0 amide bonds. The molecule has 0 aromatic heterocycles. The van der Waals surface area contributed by atoms with Crippen LogP contribution in [0, 0.1) is 39.9 Å². The number of carbonyl (C=O) groups is 1. The van der Waals surface area contributed by atoms with Gasteiger partial charge in [0.15, 0.2) is 5.78 Å². The molecule has 0 aromatic carbocycles. The maximum atomic E-state index is 12.0. The van der Waals surface area contributed by atoms with Gasteiger partial charge in [0.25, 0.3) is 0 Å². The van der Waals surface area contributed by atoms with Crippen molar-refractivity contribution in [3.8, 4) is 0 Å². The molecule has 3 saturated carbocycles. The molecular weight excluding hydrogens is 298 g/mol. The van der Waals surface area contributed by atoms with Crippen LogP contribution in [0.15, 0.2) is 11.6 Å². The summed E-state index contributed by atoms with van der Waals surface area (Å²) in [5, 5.41) is 18.6. The van der Waals surface area contributed by atoms with Gasteiger partial charge in [-0.1, -0.05) is 19.9 Å². The molecule has 3 nitrogen and oxygen atoms in total. The average molecular weight is 329 g/mol. The molecule has 4 aliphatic rings. The molecular formula is C21H31NO2. The first kappa shape index (κ1) is 16.5. The van der Waals surface area contributed by atoms with E-state index in [0.29, 0.717) is 29.9 Å². The molecule has 0 radical (unpaired) electrons. The van der Waals surface area contributed by atoms with Crippen LogP contribution in [0.1, 0.15) is 65.7 Å². The van der Waals surface area contributed by atoms with Crippen LogP contribution in [0.5, 0.6) is 0 Å². The van der Waals surface area contributed by atoms with Gasteiger partial charge in [0.05, 0.1) is 11.8 Å². The highest BCUT2D eigenvalue weighted by Crippen LogP contribution is 2.65. The summed E-state index contributed by atoms with van der Waals surface area (Å²) in [4.78, 5) is 12.0. The number of carbonyl (C=O) groups excluding carboxylic acids is 1. The Balaban J connectivity index is 1.65. The fourth-order valence-corrected chi connectivity index (χ4v) is 7.25. The van der Waals surface area contributed by atoms with Gasteiger partial charge in [-0.25, -0.2) is 0 Å². The second-order valence-electron chi connectivity index (χ2n) is 9.38. The second kappa shape index (κ2) is 5.27. The Hall–Kier alpha value is -0.960. The van der Waals surface area contributed by atoms with Crippen molar-refractivity contribution >= 4 is 11.5 Å². The summed E-state index contributed by atoms with van der Waals surface area (Å²) >= 11 is 0. The summed E-state index contributed by atoms with van der Waals surface area (Å²) in [5.74, 6) is 2.26. The molecule has 132 valence electrons. The Bertz CT molecular complexity index is 621. The van der Waals surface area contributed by atoms with Gasteiger partial charge in [-0.2, -0.15) is 0 Å². The van der Waals surface area contributed by atoms with Crippen molar-refractivity contribution < 1.29 is 9.90 Å². The topological polar surface area (TPSA) is 61.1 Å². The standard InChI is InChI=1S/C21H31NO2/c1-12(23)14-6-7-15-13-4-5-17-19(22)18(24)9-11-21(17,3)16(13)8-10-20(14,15)2/h6,12-13,15-17,22-23H,4-5,7-11H2,1-3H3/t12-,13-,15-,16-,17?,20+,21+/m0/s1. The molecule has 7 atom stereocenters. The molecule has 24 heavy (non-hydrogen) atoms. The van der Waals surface area contributed by atoms with E-state index in [1.807, 2.05) is 6.92 Å². The van der Waals surface area contributed by atoms with Crippen LogP contribution in [0.2, 0.25) is 0 Å². The lowest BCUT2D eigenvalue weighted by molar-refractivity contribution is -0.121. The van der Waals surface area contributed by atoms with E-state index in [9.17, 15) is 9.90 Å². The van der Waals surface area contributed by atoms with Crippen molar-refractivity contribution in [2.75, 3.05) is 0 Å². The first-order chi connectivity index (χ1) is 11.3. The van der Waals surface area contributed by atoms with Gasteiger partial charge in [0, 0.05) is 12.3 Å². The minimum atomic E-state index is -0.330. The predicted octanol–water partition coefficient (Wildman–Crippen LogP) is 4.14. The van der Waals surface area contributed by atoms with E-state index in [1.54, 1.807) is 0 Å². The molecule has 0 bridgehead atoms. The number of hydrogen-bond donors (Lipinski definition) is 2. The molecule has 4 rings (SSSR count). The largest absolute Gasteiger partial charge is 0.389 e. The summed E-state index contributed by atoms with van der Waals surface area (Å²) in [6.45, 7) is 6.66. The zero-order valence-corrected chi connectivity index (χ0v) is 15.3. The van der Waals surface area contributed by atoms with Crippen molar-refractivity contribution in [1.82, 2.24) is 0 Å². The lowest BCUT2D eigenvalue weighted by Crippen LogP contribution is -2.56. The summed E-state index contributed by atoms with van der Waals surface area (Å²) < 4.78 is 0. The Morgan fingerprint density at radius 2 is 1.96 bits per heavy atom. The van der Waals surface area contributed by atoms with Crippen LogP contribution >= 0.6 is 0 Å². The number of aliphatic hydroxyl groups excluding tert-OH is 1. The molecule has 4 aliphatic carbocycles. The lowest BCUT2D eigenvalue weighted by Gasteiger charge is -2.60. The number of Topliss-reactive ketones (excluding diaryl/α,β-unsaturated/α-hetero) is 1. The number of rotatable bonds is 1. The van der Waals surface area contributed by atoms with Crippen LogP contribution in [-0.4, -0.2) is 22.7 Å². The van der Waals surface area contributed by atoms with Crippen LogP contribution in [0.4, 0.5) is 0 Å². The Kier molecular flexibility index (Phi) is 3.62. The maximum Gasteiger partial charge on any atom is 0.176 e. The van der Waals surface area contributed by atoms with Gasteiger partial charge in [-0.05, 0) is 79.6 Å². The Labute approximate surface area is 145 Å². The van der Waals surface area contributed by atoms with Gasteiger partial charge >= 0.3 is 0 Å². The quantitative estimate of drug-likeness (QED) is 0.710. The summed E-state index contributed by atoms with van der Waals surface area (Å²) in [7, 11) is 0. The van der Waals surface area contributed by atoms with Crippen LogP contribution in [0.25, 0.3) is 0 Å². The van der Waals surface area contributed by atoms with Gasteiger partial charge in [0.2, 0.25) is 0 Å². The molecule has 0 heterocycles. The minimum Gasteiger partial charge on any atom is -0.389 e. The highest BCUT2D eigenvalue weighted by Gasteiger charge is 2.59. The van der Waals surface area contributed by atoms with E-state index in [1.165, 1.54) is 12.0 Å². The summed E-state index contributed by atoms with van der Waals surface area (Å²) in [6.07, 6.45) is 9.15.